The minimum atomic E-state index is -0.385. The molecule has 3 heterocycles. The smallest absolute Gasteiger partial charge is 0.312 e. The van der Waals surface area contributed by atoms with E-state index in [2.05, 4.69) is 43.9 Å². The summed E-state index contributed by atoms with van der Waals surface area (Å²) in [4.78, 5) is 33.7. The molecule has 0 radical (unpaired) electrons. The van der Waals surface area contributed by atoms with Gasteiger partial charge in [0, 0.05) is 30.8 Å². The van der Waals surface area contributed by atoms with Gasteiger partial charge in [-0.2, -0.15) is 4.98 Å². The number of fused-ring (bicyclic) bond motifs is 3. The van der Waals surface area contributed by atoms with Gasteiger partial charge in [-0.15, -0.1) is 0 Å². The van der Waals surface area contributed by atoms with E-state index in [0.29, 0.717) is 34.6 Å². The quantitative estimate of drug-likeness (QED) is 0.460. The maximum atomic E-state index is 13.6. The normalized spacial score (nSPS) is 15.8. The summed E-state index contributed by atoms with van der Waals surface area (Å²) >= 11 is 5.99. The lowest BCUT2D eigenvalue weighted by Crippen LogP contribution is -2.40. The molecule has 1 atom stereocenters. The van der Waals surface area contributed by atoms with E-state index in [1.54, 1.807) is 19.2 Å². The van der Waals surface area contributed by atoms with Gasteiger partial charge in [-0.3, -0.25) is 13.9 Å². The van der Waals surface area contributed by atoms with Gasteiger partial charge in [-0.05, 0) is 60.7 Å². The summed E-state index contributed by atoms with van der Waals surface area (Å²) in [6.07, 6.45) is 0. The van der Waals surface area contributed by atoms with Crippen molar-refractivity contribution in [3.63, 3.8) is 0 Å². The zero-order chi connectivity index (χ0) is 23.4. The van der Waals surface area contributed by atoms with E-state index in [-0.39, 0.29) is 17.8 Å². The molecule has 0 bridgehead atoms. The molecule has 0 fully saturated rings. The minimum absolute atomic E-state index is 0.176. The standard InChI is InChI=1S/C25H26ClN5O2/c1-15-12-29(20-10-5-16(2)17(3)11-20)24-27-22-21(30(24)13-15)23(32)31(25(33)28(22)4)14-18-6-8-19(26)9-7-18/h5-11,15H,12-14H2,1-4H3/t15-/m0/s1. The number of hydrogen-bond donors (Lipinski definition) is 0. The summed E-state index contributed by atoms with van der Waals surface area (Å²) < 4.78 is 4.72. The Morgan fingerprint density at radius 2 is 1.76 bits per heavy atom. The van der Waals surface area contributed by atoms with Crippen LogP contribution in [0.1, 0.15) is 23.6 Å². The van der Waals surface area contributed by atoms with Crippen molar-refractivity contribution in [3.05, 3.63) is 85.0 Å². The Hall–Kier alpha value is -3.32. The van der Waals surface area contributed by atoms with Gasteiger partial charge in [-0.25, -0.2) is 4.79 Å². The van der Waals surface area contributed by atoms with Crippen LogP contribution in [0.15, 0.2) is 52.1 Å². The first-order valence-corrected chi connectivity index (χ1v) is 11.4. The van der Waals surface area contributed by atoms with Crippen molar-refractivity contribution in [3.8, 4) is 0 Å². The molecule has 0 spiro atoms. The molecule has 5 rings (SSSR count). The van der Waals surface area contributed by atoms with Crippen molar-refractivity contribution in [1.82, 2.24) is 18.7 Å². The van der Waals surface area contributed by atoms with Crippen LogP contribution in [0.2, 0.25) is 5.02 Å². The van der Waals surface area contributed by atoms with Gasteiger partial charge in [0.15, 0.2) is 11.2 Å². The highest BCUT2D eigenvalue weighted by Gasteiger charge is 2.30. The maximum absolute atomic E-state index is 13.6. The van der Waals surface area contributed by atoms with Crippen LogP contribution in [0.25, 0.3) is 11.2 Å². The molecule has 7 nitrogen and oxygen atoms in total. The number of rotatable bonds is 3. The SMILES string of the molecule is Cc1ccc(N2C[C@H](C)Cn3c2nc2c3c(=O)n(Cc3ccc(Cl)cc3)c(=O)n2C)cc1C. The molecule has 170 valence electrons. The zero-order valence-electron chi connectivity index (χ0n) is 19.2. The molecule has 0 N–H and O–H groups in total. The monoisotopic (exact) mass is 463 g/mol. The Kier molecular flexibility index (Phi) is 5.16. The highest BCUT2D eigenvalue weighted by Crippen LogP contribution is 2.33. The van der Waals surface area contributed by atoms with Crippen LogP contribution in [0, 0.1) is 19.8 Å². The fourth-order valence-corrected chi connectivity index (χ4v) is 4.65. The van der Waals surface area contributed by atoms with Gasteiger partial charge in [0.25, 0.3) is 5.56 Å². The van der Waals surface area contributed by atoms with Crippen LogP contribution < -0.4 is 16.1 Å². The second-order valence-electron chi connectivity index (χ2n) is 9.04. The van der Waals surface area contributed by atoms with Gasteiger partial charge in [-0.1, -0.05) is 36.7 Å². The number of imidazole rings is 1. The first-order chi connectivity index (χ1) is 15.7. The number of anilines is 2. The fraction of sp³-hybridized carbons (Fsp3) is 0.320. The molecule has 0 amide bonds. The van der Waals surface area contributed by atoms with Crippen LogP contribution >= 0.6 is 11.6 Å². The topological polar surface area (TPSA) is 65.1 Å². The molecule has 0 saturated heterocycles. The van der Waals surface area contributed by atoms with Crippen molar-refractivity contribution in [2.75, 3.05) is 11.4 Å². The van der Waals surface area contributed by atoms with E-state index in [9.17, 15) is 9.59 Å². The van der Waals surface area contributed by atoms with Crippen LogP contribution in [0.4, 0.5) is 11.6 Å². The van der Waals surface area contributed by atoms with E-state index < -0.39 is 0 Å². The van der Waals surface area contributed by atoms with Crippen molar-refractivity contribution < 1.29 is 0 Å². The first-order valence-electron chi connectivity index (χ1n) is 11.0. The minimum Gasteiger partial charge on any atom is -0.312 e. The van der Waals surface area contributed by atoms with E-state index in [4.69, 9.17) is 16.6 Å². The largest absolute Gasteiger partial charge is 0.332 e. The van der Waals surface area contributed by atoms with Crippen molar-refractivity contribution in [2.24, 2.45) is 13.0 Å². The number of hydrogen-bond acceptors (Lipinski definition) is 4. The molecular weight excluding hydrogens is 438 g/mol. The molecular formula is C25H26ClN5O2. The molecule has 0 saturated carbocycles. The zero-order valence-corrected chi connectivity index (χ0v) is 19.9. The highest BCUT2D eigenvalue weighted by atomic mass is 35.5. The fourth-order valence-electron chi connectivity index (χ4n) is 4.53. The summed E-state index contributed by atoms with van der Waals surface area (Å²) in [7, 11) is 1.67. The van der Waals surface area contributed by atoms with Gasteiger partial charge in [0.05, 0.1) is 6.54 Å². The summed E-state index contributed by atoms with van der Waals surface area (Å²) in [5.41, 5.74) is 4.46. The van der Waals surface area contributed by atoms with E-state index in [0.717, 1.165) is 17.8 Å². The Balaban J connectivity index is 1.71. The van der Waals surface area contributed by atoms with Crippen LogP contribution in [0.5, 0.6) is 0 Å². The summed E-state index contributed by atoms with van der Waals surface area (Å²) in [5, 5.41) is 0.611. The molecule has 0 unspecified atom stereocenters. The van der Waals surface area contributed by atoms with Crippen molar-refractivity contribution in [2.45, 2.75) is 33.9 Å². The lowest BCUT2D eigenvalue weighted by molar-refractivity contribution is 0.458. The van der Waals surface area contributed by atoms with Crippen LogP contribution in [-0.2, 0) is 20.1 Å². The second-order valence-corrected chi connectivity index (χ2v) is 9.47. The van der Waals surface area contributed by atoms with Gasteiger partial charge in [0.2, 0.25) is 5.95 Å². The molecule has 0 aliphatic carbocycles. The number of benzene rings is 2. The number of aryl methyl sites for hydroxylation is 3. The molecule has 8 heteroatoms. The Labute approximate surface area is 196 Å². The molecule has 2 aromatic heterocycles. The third kappa shape index (κ3) is 3.56. The van der Waals surface area contributed by atoms with Crippen molar-refractivity contribution >= 4 is 34.4 Å². The molecule has 2 aromatic carbocycles. The van der Waals surface area contributed by atoms with Gasteiger partial charge < -0.3 is 9.47 Å². The Morgan fingerprint density at radius 1 is 1.03 bits per heavy atom. The van der Waals surface area contributed by atoms with Crippen molar-refractivity contribution in [1.29, 1.82) is 0 Å². The molecule has 1 aliphatic heterocycles. The van der Waals surface area contributed by atoms with Gasteiger partial charge in [0.1, 0.15) is 0 Å². The predicted octanol–water partition coefficient (Wildman–Crippen LogP) is 4.00. The summed E-state index contributed by atoms with van der Waals surface area (Å²) in [6.45, 7) is 7.98. The summed E-state index contributed by atoms with van der Waals surface area (Å²) in [6, 6.07) is 13.5. The highest BCUT2D eigenvalue weighted by molar-refractivity contribution is 6.30. The molecule has 4 aromatic rings. The number of halogens is 1. The first kappa shape index (κ1) is 21.5. The molecule has 33 heavy (non-hydrogen) atoms. The lowest BCUT2D eigenvalue weighted by Gasteiger charge is -2.33. The van der Waals surface area contributed by atoms with Gasteiger partial charge >= 0.3 is 5.69 Å². The maximum Gasteiger partial charge on any atom is 0.332 e. The average molecular weight is 464 g/mol. The Bertz CT molecular complexity index is 1500. The van der Waals surface area contributed by atoms with E-state index in [1.807, 2.05) is 16.7 Å². The molecule has 1 aliphatic rings. The van der Waals surface area contributed by atoms with Crippen LogP contribution in [-0.4, -0.2) is 25.2 Å². The number of nitrogens with zero attached hydrogens (tertiary/aromatic N) is 5. The third-order valence-corrected chi connectivity index (χ3v) is 6.75. The van der Waals surface area contributed by atoms with E-state index >= 15 is 0 Å². The third-order valence-electron chi connectivity index (χ3n) is 6.50. The second kappa shape index (κ2) is 7.92. The lowest BCUT2D eigenvalue weighted by atomic mass is 10.1. The average Bonchev–Trinajstić information content (AvgIpc) is 3.17. The van der Waals surface area contributed by atoms with Crippen LogP contribution in [0.3, 0.4) is 0 Å². The summed E-state index contributed by atoms with van der Waals surface area (Å²) in [5.74, 6) is 1.00. The Morgan fingerprint density at radius 3 is 2.45 bits per heavy atom. The predicted molar refractivity (Wildman–Crippen MR) is 132 cm³/mol. The van der Waals surface area contributed by atoms with E-state index in [1.165, 1.54) is 20.3 Å². The number of aromatic nitrogens is 4.